The van der Waals surface area contributed by atoms with Crippen molar-refractivity contribution in [3.63, 3.8) is 0 Å². The zero-order valence-corrected chi connectivity index (χ0v) is 7.60. The lowest BCUT2D eigenvalue weighted by Crippen LogP contribution is -2.10. The molecule has 0 saturated carbocycles. The van der Waals surface area contributed by atoms with Gasteiger partial charge >= 0.3 is 11.9 Å². The molecular weight excluding hydrogens is 196 g/mol. The van der Waals surface area contributed by atoms with E-state index in [9.17, 15) is 9.59 Å². The summed E-state index contributed by atoms with van der Waals surface area (Å²) in [7, 11) is 0. The molecule has 0 aromatic heterocycles. The first kappa shape index (κ1) is 14.9. The van der Waals surface area contributed by atoms with Crippen LogP contribution in [0.1, 0.15) is 13.3 Å². The fourth-order valence-corrected chi connectivity index (χ4v) is 0.319. The van der Waals surface area contributed by atoms with Crippen LogP contribution in [0, 0.1) is 0 Å². The van der Waals surface area contributed by atoms with Crippen LogP contribution in [-0.4, -0.2) is 46.4 Å². The average molecular weight is 208 g/mol. The van der Waals surface area contributed by atoms with Gasteiger partial charge in [0.15, 0.2) is 0 Å². The standard InChI is InChI=1S/C5H8O5.C2H4O2/c6-4(7)1-2-10-3-5(8)9;1-2(3)4/h1-3H2,(H,6,7)(H,8,9);1H3,(H,3,4). The highest BCUT2D eigenvalue weighted by molar-refractivity contribution is 5.68. The molecule has 0 bridgehead atoms. The van der Waals surface area contributed by atoms with Gasteiger partial charge in [-0.05, 0) is 0 Å². The Balaban J connectivity index is 0. The summed E-state index contributed by atoms with van der Waals surface area (Å²) in [5.74, 6) is -2.92. The van der Waals surface area contributed by atoms with Gasteiger partial charge < -0.3 is 20.1 Å². The molecule has 0 unspecified atom stereocenters. The molecule has 0 spiro atoms. The Bertz CT molecular complexity index is 178. The van der Waals surface area contributed by atoms with Gasteiger partial charge in [0.05, 0.1) is 13.0 Å². The van der Waals surface area contributed by atoms with Crippen molar-refractivity contribution >= 4 is 17.9 Å². The van der Waals surface area contributed by atoms with Gasteiger partial charge in [-0.2, -0.15) is 0 Å². The van der Waals surface area contributed by atoms with Crippen LogP contribution < -0.4 is 0 Å². The van der Waals surface area contributed by atoms with E-state index in [2.05, 4.69) is 4.74 Å². The largest absolute Gasteiger partial charge is 0.481 e. The Morgan fingerprint density at radius 2 is 1.50 bits per heavy atom. The summed E-state index contributed by atoms with van der Waals surface area (Å²) in [6.07, 6.45) is -0.159. The van der Waals surface area contributed by atoms with Crippen molar-refractivity contribution in [2.75, 3.05) is 13.2 Å². The summed E-state index contributed by atoms with van der Waals surface area (Å²) < 4.78 is 4.43. The van der Waals surface area contributed by atoms with Gasteiger partial charge in [-0.1, -0.05) is 0 Å². The number of carbonyl (C=O) groups is 3. The lowest BCUT2D eigenvalue weighted by molar-refractivity contribution is -0.145. The molecule has 0 aliphatic rings. The predicted octanol–water partition coefficient (Wildman–Crippen LogP) is -0.347. The molecule has 14 heavy (non-hydrogen) atoms. The van der Waals surface area contributed by atoms with Gasteiger partial charge in [-0.25, -0.2) is 4.79 Å². The molecular formula is C7H12O7. The van der Waals surface area contributed by atoms with Gasteiger partial charge in [0.2, 0.25) is 0 Å². The van der Waals surface area contributed by atoms with Gasteiger partial charge in [-0.3, -0.25) is 9.59 Å². The summed E-state index contributed by atoms with van der Waals surface area (Å²) in [4.78, 5) is 28.6. The van der Waals surface area contributed by atoms with Crippen molar-refractivity contribution < 1.29 is 34.4 Å². The lowest BCUT2D eigenvalue weighted by atomic mass is 10.5. The third kappa shape index (κ3) is 31.6. The fraction of sp³-hybridized carbons (Fsp3) is 0.571. The SMILES string of the molecule is CC(=O)O.O=C(O)CCOCC(=O)O. The minimum atomic E-state index is -1.09. The van der Waals surface area contributed by atoms with E-state index in [0.717, 1.165) is 6.92 Å². The Morgan fingerprint density at radius 3 is 1.79 bits per heavy atom. The second kappa shape index (κ2) is 9.46. The number of aliphatic carboxylic acids is 3. The summed E-state index contributed by atoms with van der Waals surface area (Å²) in [6.45, 7) is 0.592. The highest BCUT2D eigenvalue weighted by Crippen LogP contribution is 1.81. The normalized spacial score (nSPS) is 8.36. The highest BCUT2D eigenvalue weighted by Gasteiger charge is 1.98. The number of carboxylic acids is 3. The molecule has 7 heteroatoms. The predicted molar refractivity (Wildman–Crippen MR) is 44.0 cm³/mol. The number of carboxylic acid groups (broad SMARTS) is 3. The second-order valence-electron chi connectivity index (χ2n) is 2.11. The number of ether oxygens (including phenoxy) is 1. The van der Waals surface area contributed by atoms with Crippen LogP contribution in [0.15, 0.2) is 0 Å². The Hall–Kier alpha value is -1.63. The highest BCUT2D eigenvalue weighted by atomic mass is 16.5. The maximum Gasteiger partial charge on any atom is 0.329 e. The van der Waals surface area contributed by atoms with Crippen LogP contribution in [0.2, 0.25) is 0 Å². The molecule has 7 nitrogen and oxygen atoms in total. The monoisotopic (exact) mass is 208 g/mol. The molecule has 0 aliphatic heterocycles. The number of hydrogen-bond donors (Lipinski definition) is 3. The van der Waals surface area contributed by atoms with E-state index in [1.165, 1.54) is 0 Å². The smallest absolute Gasteiger partial charge is 0.329 e. The van der Waals surface area contributed by atoms with Crippen molar-refractivity contribution in [2.45, 2.75) is 13.3 Å². The second-order valence-corrected chi connectivity index (χ2v) is 2.11. The molecule has 3 N–H and O–H groups in total. The molecule has 0 atom stereocenters. The minimum absolute atomic E-state index is 0.0539. The third-order valence-electron chi connectivity index (χ3n) is 0.686. The zero-order chi connectivity index (χ0) is 11.6. The van der Waals surface area contributed by atoms with E-state index < -0.39 is 24.5 Å². The quantitative estimate of drug-likeness (QED) is 0.528. The summed E-state index contributed by atoms with van der Waals surface area (Å²) in [5, 5.41) is 23.5. The van der Waals surface area contributed by atoms with Crippen LogP contribution >= 0.6 is 0 Å². The lowest BCUT2D eigenvalue weighted by Gasteiger charge is -1.95. The first-order valence-corrected chi connectivity index (χ1v) is 3.57. The Labute approximate surface area is 79.9 Å². The maximum atomic E-state index is 9.82. The maximum absolute atomic E-state index is 9.82. The Kier molecular flexibility index (Phi) is 10.0. The molecule has 82 valence electrons. The van der Waals surface area contributed by atoms with Crippen molar-refractivity contribution in [3.8, 4) is 0 Å². The molecule has 0 aromatic carbocycles. The van der Waals surface area contributed by atoms with E-state index >= 15 is 0 Å². The third-order valence-corrected chi connectivity index (χ3v) is 0.686. The molecule has 0 aliphatic carbocycles. The zero-order valence-electron chi connectivity index (χ0n) is 7.60. The van der Waals surface area contributed by atoms with Crippen molar-refractivity contribution in [2.24, 2.45) is 0 Å². The fourth-order valence-electron chi connectivity index (χ4n) is 0.319. The van der Waals surface area contributed by atoms with Crippen molar-refractivity contribution in [1.29, 1.82) is 0 Å². The molecule has 0 amide bonds. The molecule has 0 radical (unpaired) electrons. The van der Waals surface area contributed by atoms with Crippen LogP contribution in [0.5, 0.6) is 0 Å². The van der Waals surface area contributed by atoms with Gasteiger partial charge in [0.1, 0.15) is 6.61 Å². The van der Waals surface area contributed by atoms with Crippen LogP contribution in [0.4, 0.5) is 0 Å². The van der Waals surface area contributed by atoms with Crippen molar-refractivity contribution in [3.05, 3.63) is 0 Å². The first-order valence-electron chi connectivity index (χ1n) is 3.57. The van der Waals surface area contributed by atoms with Gasteiger partial charge in [0.25, 0.3) is 5.97 Å². The van der Waals surface area contributed by atoms with E-state index in [0.29, 0.717) is 0 Å². The molecule has 0 fully saturated rings. The van der Waals surface area contributed by atoms with Crippen LogP contribution in [0.3, 0.4) is 0 Å². The van der Waals surface area contributed by atoms with Crippen LogP contribution in [-0.2, 0) is 19.1 Å². The average Bonchev–Trinajstić information content (AvgIpc) is 1.96. The topological polar surface area (TPSA) is 121 Å². The van der Waals surface area contributed by atoms with E-state index in [4.69, 9.17) is 20.1 Å². The Morgan fingerprint density at radius 1 is 1.07 bits per heavy atom. The summed E-state index contributed by atoms with van der Waals surface area (Å²) >= 11 is 0. The summed E-state index contributed by atoms with van der Waals surface area (Å²) in [6, 6.07) is 0. The van der Waals surface area contributed by atoms with E-state index in [-0.39, 0.29) is 13.0 Å². The molecule has 0 rings (SSSR count). The van der Waals surface area contributed by atoms with Gasteiger partial charge in [0, 0.05) is 6.92 Å². The first-order chi connectivity index (χ1) is 6.36. The van der Waals surface area contributed by atoms with E-state index in [1.54, 1.807) is 0 Å². The molecule has 0 aromatic rings. The minimum Gasteiger partial charge on any atom is -0.481 e. The molecule has 0 saturated heterocycles. The number of rotatable bonds is 5. The number of hydrogen-bond acceptors (Lipinski definition) is 4. The van der Waals surface area contributed by atoms with Crippen LogP contribution in [0.25, 0.3) is 0 Å². The van der Waals surface area contributed by atoms with E-state index in [1.807, 2.05) is 0 Å². The molecule has 0 heterocycles. The van der Waals surface area contributed by atoms with Gasteiger partial charge in [-0.15, -0.1) is 0 Å². The summed E-state index contributed by atoms with van der Waals surface area (Å²) in [5.41, 5.74) is 0. The van der Waals surface area contributed by atoms with Crippen molar-refractivity contribution in [1.82, 2.24) is 0 Å².